The number of aliphatic carboxylic acids is 1. The Bertz CT molecular complexity index is 886. The van der Waals surface area contributed by atoms with Crippen LogP contribution in [0.5, 0.6) is 0 Å². The summed E-state index contributed by atoms with van der Waals surface area (Å²) in [5.41, 5.74) is 1.66. The summed E-state index contributed by atoms with van der Waals surface area (Å²) < 4.78 is 5.30. The van der Waals surface area contributed by atoms with Crippen molar-refractivity contribution in [1.29, 1.82) is 0 Å². The number of hydrogen-bond donors (Lipinski definition) is 2. The molecule has 3 heterocycles. The van der Waals surface area contributed by atoms with Crippen LogP contribution in [0.15, 0.2) is 30.5 Å². The predicted octanol–water partition coefficient (Wildman–Crippen LogP) is 0.623. The van der Waals surface area contributed by atoms with Crippen LogP contribution in [0.2, 0.25) is 0 Å². The maximum absolute atomic E-state index is 12.9. The zero-order valence-corrected chi connectivity index (χ0v) is 14.8. The summed E-state index contributed by atoms with van der Waals surface area (Å²) in [6, 6.07) is 5.74. The minimum atomic E-state index is -1.21. The highest BCUT2D eigenvalue weighted by molar-refractivity contribution is 6.08. The van der Waals surface area contributed by atoms with E-state index in [1.54, 1.807) is 6.20 Å². The van der Waals surface area contributed by atoms with E-state index in [4.69, 9.17) is 4.74 Å². The quantitative estimate of drug-likeness (QED) is 0.747. The average molecular weight is 371 g/mol. The van der Waals surface area contributed by atoms with Gasteiger partial charge in [0.05, 0.1) is 25.7 Å². The minimum Gasteiger partial charge on any atom is -0.480 e. The number of fused-ring (bicyclic) bond motifs is 1. The molecule has 0 aliphatic carbocycles. The lowest BCUT2D eigenvalue weighted by Gasteiger charge is -2.31. The van der Waals surface area contributed by atoms with Gasteiger partial charge in [-0.15, -0.1) is 0 Å². The Hall–Kier alpha value is -2.71. The Kier molecular flexibility index (Phi) is 4.67. The Morgan fingerprint density at radius 1 is 1.26 bits per heavy atom. The molecule has 27 heavy (non-hydrogen) atoms. The Morgan fingerprint density at radius 2 is 2.00 bits per heavy atom. The van der Waals surface area contributed by atoms with Crippen molar-refractivity contribution in [2.75, 3.05) is 26.3 Å². The number of imide groups is 1. The van der Waals surface area contributed by atoms with Gasteiger partial charge >= 0.3 is 5.97 Å². The molecule has 0 radical (unpaired) electrons. The standard InChI is InChI=1S/C19H21N3O5/c23-17-10-15(21-5-7-27-8-6-21)18(24)22(17)16(19(25)26)9-12-11-20-14-4-2-1-3-13(12)14/h1-4,11,15-16,20H,5-10H2,(H,25,26). The van der Waals surface area contributed by atoms with Gasteiger partial charge in [-0.2, -0.15) is 0 Å². The molecule has 0 saturated carbocycles. The normalized spacial score (nSPS) is 22.5. The zero-order valence-electron chi connectivity index (χ0n) is 14.8. The van der Waals surface area contributed by atoms with E-state index in [9.17, 15) is 19.5 Å². The van der Waals surface area contributed by atoms with Crippen LogP contribution in [0.1, 0.15) is 12.0 Å². The topological polar surface area (TPSA) is 103 Å². The molecule has 8 nitrogen and oxygen atoms in total. The fourth-order valence-electron chi connectivity index (χ4n) is 3.93. The van der Waals surface area contributed by atoms with Crippen LogP contribution in [0.4, 0.5) is 0 Å². The number of benzene rings is 1. The monoisotopic (exact) mass is 371 g/mol. The number of hydrogen-bond acceptors (Lipinski definition) is 5. The van der Waals surface area contributed by atoms with Gasteiger partial charge in [-0.1, -0.05) is 18.2 Å². The van der Waals surface area contributed by atoms with Gasteiger partial charge in [0, 0.05) is 36.6 Å². The number of carbonyl (C=O) groups excluding carboxylic acids is 2. The largest absolute Gasteiger partial charge is 0.480 e. The molecule has 142 valence electrons. The highest BCUT2D eigenvalue weighted by Gasteiger charge is 2.47. The predicted molar refractivity (Wildman–Crippen MR) is 96.1 cm³/mol. The first kappa shape index (κ1) is 17.7. The molecule has 2 atom stereocenters. The third-order valence-electron chi connectivity index (χ3n) is 5.33. The number of H-pyrrole nitrogens is 1. The number of likely N-dealkylation sites (tertiary alicyclic amines) is 1. The molecular formula is C19H21N3O5. The number of morpholine rings is 1. The van der Waals surface area contributed by atoms with Crippen molar-refractivity contribution in [2.45, 2.75) is 24.9 Å². The van der Waals surface area contributed by atoms with E-state index in [0.29, 0.717) is 26.3 Å². The number of carboxylic acid groups (broad SMARTS) is 1. The highest BCUT2D eigenvalue weighted by Crippen LogP contribution is 2.26. The van der Waals surface area contributed by atoms with E-state index in [2.05, 4.69) is 4.98 Å². The molecule has 4 rings (SSSR count). The van der Waals surface area contributed by atoms with Crippen molar-refractivity contribution in [3.63, 3.8) is 0 Å². The molecule has 2 aromatic rings. The van der Waals surface area contributed by atoms with E-state index in [0.717, 1.165) is 21.4 Å². The minimum absolute atomic E-state index is 0.0243. The van der Waals surface area contributed by atoms with E-state index in [1.807, 2.05) is 29.2 Å². The molecule has 2 aliphatic rings. The summed E-state index contributed by atoms with van der Waals surface area (Å²) in [7, 11) is 0. The fourth-order valence-corrected chi connectivity index (χ4v) is 3.93. The number of para-hydroxylation sites is 1. The molecule has 2 amide bonds. The van der Waals surface area contributed by atoms with Gasteiger partial charge in [0.15, 0.2) is 0 Å². The van der Waals surface area contributed by atoms with Crippen LogP contribution in [0.3, 0.4) is 0 Å². The summed E-state index contributed by atoms with van der Waals surface area (Å²) in [6.07, 6.45) is 1.84. The maximum atomic E-state index is 12.9. The molecule has 8 heteroatoms. The second kappa shape index (κ2) is 7.13. The van der Waals surface area contributed by atoms with Gasteiger partial charge in [0.1, 0.15) is 6.04 Å². The summed E-state index contributed by atoms with van der Waals surface area (Å²) in [6.45, 7) is 2.15. The summed E-state index contributed by atoms with van der Waals surface area (Å²) in [5.74, 6) is -2.03. The van der Waals surface area contributed by atoms with E-state index in [-0.39, 0.29) is 12.8 Å². The Morgan fingerprint density at radius 3 is 2.74 bits per heavy atom. The van der Waals surface area contributed by atoms with Crippen molar-refractivity contribution in [2.24, 2.45) is 0 Å². The lowest BCUT2D eigenvalue weighted by atomic mass is 10.0. The van der Waals surface area contributed by atoms with Crippen molar-refractivity contribution in [3.05, 3.63) is 36.0 Å². The number of aromatic amines is 1. The summed E-state index contributed by atoms with van der Waals surface area (Å²) in [5, 5.41) is 10.6. The number of ether oxygens (including phenoxy) is 1. The van der Waals surface area contributed by atoms with Gasteiger partial charge in [0.2, 0.25) is 11.8 Å². The molecule has 2 saturated heterocycles. The maximum Gasteiger partial charge on any atom is 0.327 e. The molecule has 1 aromatic heterocycles. The van der Waals surface area contributed by atoms with Gasteiger partial charge in [-0.05, 0) is 11.6 Å². The number of nitrogens with zero attached hydrogens (tertiary/aromatic N) is 2. The van der Waals surface area contributed by atoms with Gasteiger partial charge < -0.3 is 14.8 Å². The molecule has 2 fully saturated rings. The molecule has 1 aromatic carbocycles. The summed E-state index contributed by atoms with van der Waals surface area (Å²) >= 11 is 0. The van der Waals surface area contributed by atoms with E-state index >= 15 is 0 Å². The molecule has 2 unspecified atom stereocenters. The first-order chi connectivity index (χ1) is 13.1. The van der Waals surface area contributed by atoms with Gasteiger partial charge in [0.25, 0.3) is 0 Å². The number of nitrogens with one attached hydrogen (secondary N) is 1. The van der Waals surface area contributed by atoms with E-state index < -0.39 is 29.9 Å². The van der Waals surface area contributed by atoms with Crippen LogP contribution in [-0.2, 0) is 25.5 Å². The third kappa shape index (κ3) is 3.22. The third-order valence-corrected chi connectivity index (χ3v) is 5.33. The Balaban J connectivity index is 1.59. The van der Waals surface area contributed by atoms with Crippen molar-refractivity contribution in [1.82, 2.24) is 14.8 Å². The second-order valence-electron chi connectivity index (χ2n) is 6.89. The molecule has 2 aliphatic heterocycles. The molecule has 0 spiro atoms. The number of rotatable bonds is 5. The van der Waals surface area contributed by atoms with Crippen LogP contribution >= 0.6 is 0 Å². The summed E-state index contributed by atoms with van der Waals surface area (Å²) in [4.78, 5) is 43.4. The van der Waals surface area contributed by atoms with Crippen LogP contribution in [-0.4, -0.2) is 76.1 Å². The highest BCUT2D eigenvalue weighted by atomic mass is 16.5. The first-order valence-electron chi connectivity index (χ1n) is 9.02. The van der Waals surface area contributed by atoms with Crippen molar-refractivity contribution < 1.29 is 24.2 Å². The van der Waals surface area contributed by atoms with Crippen molar-refractivity contribution in [3.8, 4) is 0 Å². The molecular weight excluding hydrogens is 350 g/mol. The van der Waals surface area contributed by atoms with Crippen LogP contribution < -0.4 is 0 Å². The zero-order chi connectivity index (χ0) is 19.0. The fraction of sp³-hybridized carbons (Fsp3) is 0.421. The Labute approximate surface area is 155 Å². The van der Waals surface area contributed by atoms with E-state index in [1.165, 1.54) is 0 Å². The lowest BCUT2D eigenvalue weighted by molar-refractivity contribution is -0.155. The SMILES string of the molecule is O=C(O)C(Cc1c[nH]c2ccccc12)N1C(=O)CC(N2CCOCC2)C1=O. The number of carbonyl (C=O) groups is 3. The average Bonchev–Trinajstić information content (AvgIpc) is 3.21. The number of carboxylic acids is 1. The van der Waals surface area contributed by atoms with Gasteiger partial charge in [-0.3, -0.25) is 19.4 Å². The second-order valence-corrected chi connectivity index (χ2v) is 6.89. The van der Waals surface area contributed by atoms with Crippen LogP contribution in [0.25, 0.3) is 10.9 Å². The number of aromatic nitrogens is 1. The van der Waals surface area contributed by atoms with Crippen molar-refractivity contribution >= 4 is 28.7 Å². The van der Waals surface area contributed by atoms with Crippen LogP contribution in [0, 0.1) is 0 Å². The number of amides is 2. The molecule has 2 N–H and O–H groups in total. The van der Waals surface area contributed by atoms with Gasteiger partial charge in [-0.25, -0.2) is 4.79 Å². The smallest absolute Gasteiger partial charge is 0.327 e. The molecule has 0 bridgehead atoms. The lowest BCUT2D eigenvalue weighted by Crippen LogP contribution is -2.51. The first-order valence-corrected chi connectivity index (χ1v) is 9.02.